The lowest BCUT2D eigenvalue weighted by Gasteiger charge is -2.06. The topological polar surface area (TPSA) is 63.9 Å². The molecule has 3 aromatic rings. The first-order chi connectivity index (χ1) is 10.6. The molecule has 0 spiro atoms. The van der Waals surface area contributed by atoms with Crippen LogP contribution in [0.4, 0.5) is 5.69 Å². The van der Waals surface area contributed by atoms with E-state index in [2.05, 4.69) is 10.2 Å². The maximum atomic E-state index is 6.00. The minimum atomic E-state index is 0.413. The first-order valence-electron chi connectivity index (χ1n) is 6.91. The van der Waals surface area contributed by atoms with Crippen LogP contribution in [0.3, 0.4) is 0 Å². The molecule has 0 atom stereocenters. The Hall–Kier alpha value is -2.46. The van der Waals surface area contributed by atoms with E-state index < -0.39 is 0 Å². The number of aryl methyl sites for hydroxylation is 1. The van der Waals surface area contributed by atoms with Crippen molar-refractivity contribution in [2.45, 2.75) is 13.5 Å². The van der Waals surface area contributed by atoms with E-state index in [1.54, 1.807) is 0 Å². The van der Waals surface area contributed by atoms with Crippen molar-refractivity contribution in [1.82, 2.24) is 10.2 Å². The number of nitrogens with two attached hydrogens (primary N) is 1. The molecule has 0 saturated heterocycles. The van der Waals surface area contributed by atoms with E-state index in [1.807, 2.05) is 55.5 Å². The fourth-order valence-corrected chi connectivity index (χ4v) is 2.27. The van der Waals surface area contributed by atoms with Gasteiger partial charge in [-0.25, -0.2) is 0 Å². The van der Waals surface area contributed by atoms with Crippen molar-refractivity contribution in [3.63, 3.8) is 0 Å². The Balaban J connectivity index is 1.70. The maximum absolute atomic E-state index is 6.00. The first-order valence-corrected chi connectivity index (χ1v) is 7.29. The monoisotopic (exact) mass is 313 g/mol. The van der Waals surface area contributed by atoms with Crippen molar-refractivity contribution in [1.29, 1.82) is 0 Å². The SMILES string of the molecule is Cc1cc(OCc2cc(-c3cccc(N)c3)n[nH]2)ccc1Cl. The number of aromatic amines is 1. The second-order valence-corrected chi connectivity index (χ2v) is 5.51. The third kappa shape index (κ3) is 3.23. The van der Waals surface area contributed by atoms with E-state index in [1.165, 1.54) is 0 Å². The molecule has 3 rings (SSSR count). The van der Waals surface area contributed by atoms with Crippen molar-refractivity contribution in [3.8, 4) is 17.0 Å². The minimum Gasteiger partial charge on any atom is -0.487 e. The Labute approximate surface area is 133 Å². The molecule has 0 fully saturated rings. The van der Waals surface area contributed by atoms with Gasteiger partial charge in [0.1, 0.15) is 12.4 Å². The standard InChI is InChI=1S/C17H16ClN3O/c1-11-7-15(5-6-16(11)18)22-10-14-9-17(21-20-14)12-3-2-4-13(19)8-12/h2-9H,10,19H2,1H3,(H,20,21). The fourth-order valence-electron chi connectivity index (χ4n) is 2.15. The number of halogens is 1. The highest BCUT2D eigenvalue weighted by atomic mass is 35.5. The lowest BCUT2D eigenvalue weighted by atomic mass is 10.1. The van der Waals surface area contributed by atoms with E-state index in [4.69, 9.17) is 22.1 Å². The molecule has 0 aliphatic rings. The van der Waals surface area contributed by atoms with Crippen LogP contribution in [0.25, 0.3) is 11.3 Å². The van der Waals surface area contributed by atoms with Crippen LogP contribution < -0.4 is 10.5 Å². The summed E-state index contributed by atoms with van der Waals surface area (Å²) in [6, 6.07) is 15.2. The summed E-state index contributed by atoms with van der Waals surface area (Å²) >= 11 is 6.00. The minimum absolute atomic E-state index is 0.413. The van der Waals surface area contributed by atoms with Crippen LogP contribution in [0.2, 0.25) is 5.02 Å². The number of aromatic nitrogens is 2. The van der Waals surface area contributed by atoms with E-state index >= 15 is 0 Å². The zero-order valence-electron chi connectivity index (χ0n) is 12.1. The molecule has 0 radical (unpaired) electrons. The van der Waals surface area contributed by atoms with E-state index in [0.717, 1.165) is 39.0 Å². The summed E-state index contributed by atoms with van der Waals surface area (Å²) in [6.45, 7) is 2.36. The molecule has 22 heavy (non-hydrogen) atoms. The molecular formula is C17H16ClN3O. The van der Waals surface area contributed by atoms with Gasteiger partial charge in [-0.1, -0.05) is 23.7 Å². The number of nitrogens with one attached hydrogen (secondary N) is 1. The highest BCUT2D eigenvalue weighted by Gasteiger charge is 2.05. The largest absolute Gasteiger partial charge is 0.487 e. The average Bonchev–Trinajstić information content (AvgIpc) is 2.97. The normalized spacial score (nSPS) is 10.6. The van der Waals surface area contributed by atoms with Gasteiger partial charge in [-0.15, -0.1) is 0 Å². The molecule has 0 aliphatic heterocycles. The molecule has 1 heterocycles. The quantitative estimate of drug-likeness (QED) is 0.709. The molecule has 0 unspecified atom stereocenters. The number of benzene rings is 2. The van der Waals surface area contributed by atoms with Crippen molar-refractivity contribution >= 4 is 17.3 Å². The van der Waals surface area contributed by atoms with Crippen molar-refractivity contribution in [2.75, 3.05) is 5.73 Å². The molecule has 5 heteroatoms. The number of H-pyrrole nitrogens is 1. The molecule has 0 bridgehead atoms. The number of nitrogens with zero attached hydrogens (tertiary/aromatic N) is 1. The van der Waals surface area contributed by atoms with Gasteiger partial charge in [0.05, 0.1) is 11.4 Å². The Bertz CT molecular complexity index is 798. The van der Waals surface area contributed by atoms with Gasteiger partial charge in [0, 0.05) is 16.3 Å². The van der Waals surface area contributed by atoms with Gasteiger partial charge in [0.2, 0.25) is 0 Å². The summed E-state index contributed by atoms with van der Waals surface area (Å²) in [5, 5.41) is 8.00. The highest BCUT2D eigenvalue weighted by molar-refractivity contribution is 6.31. The molecule has 112 valence electrons. The zero-order chi connectivity index (χ0) is 15.5. The molecule has 0 saturated carbocycles. The Kier molecular flexibility index (Phi) is 4.02. The van der Waals surface area contributed by atoms with Crippen molar-refractivity contribution in [3.05, 3.63) is 64.8 Å². The van der Waals surface area contributed by atoms with E-state index in [-0.39, 0.29) is 0 Å². The highest BCUT2D eigenvalue weighted by Crippen LogP contribution is 2.23. The predicted octanol–water partition coefficient (Wildman–Crippen LogP) is 4.20. The van der Waals surface area contributed by atoms with E-state index in [9.17, 15) is 0 Å². The maximum Gasteiger partial charge on any atom is 0.130 e. The molecular weight excluding hydrogens is 298 g/mol. The Morgan fingerprint density at radius 1 is 1.18 bits per heavy atom. The van der Waals surface area contributed by atoms with Crippen LogP contribution in [-0.2, 0) is 6.61 Å². The van der Waals surface area contributed by atoms with Crippen LogP contribution in [0.15, 0.2) is 48.5 Å². The molecule has 0 aliphatic carbocycles. The van der Waals surface area contributed by atoms with Crippen LogP contribution >= 0.6 is 11.6 Å². The van der Waals surface area contributed by atoms with Gasteiger partial charge in [-0.2, -0.15) is 5.10 Å². The lowest BCUT2D eigenvalue weighted by Crippen LogP contribution is -1.96. The second-order valence-electron chi connectivity index (χ2n) is 5.10. The third-order valence-corrected chi connectivity index (χ3v) is 3.76. The molecule has 1 aromatic heterocycles. The van der Waals surface area contributed by atoms with Crippen LogP contribution in [0, 0.1) is 6.92 Å². The summed E-state index contributed by atoms with van der Waals surface area (Å²) in [5.41, 5.74) is 10.2. The fraction of sp³-hybridized carbons (Fsp3) is 0.118. The van der Waals surface area contributed by atoms with Crippen LogP contribution in [0.5, 0.6) is 5.75 Å². The van der Waals surface area contributed by atoms with Gasteiger partial charge >= 0.3 is 0 Å². The smallest absolute Gasteiger partial charge is 0.130 e. The lowest BCUT2D eigenvalue weighted by molar-refractivity contribution is 0.301. The summed E-state index contributed by atoms with van der Waals surface area (Å²) in [4.78, 5) is 0. The van der Waals surface area contributed by atoms with Crippen LogP contribution in [0.1, 0.15) is 11.3 Å². The number of rotatable bonds is 4. The number of hydrogen-bond acceptors (Lipinski definition) is 3. The number of hydrogen-bond donors (Lipinski definition) is 2. The number of nitrogen functional groups attached to an aromatic ring is 1. The van der Waals surface area contributed by atoms with Crippen molar-refractivity contribution < 1.29 is 4.74 Å². The molecule has 4 nitrogen and oxygen atoms in total. The van der Waals surface area contributed by atoms with E-state index in [0.29, 0.717) is 6.61 Å². The van der Waals surface area contributed by atoms with Gasteiger partial charge < -0.3 is 10.5 Å². The summed E-state index contributed by atoms with van der Waals surface area (Å²) in [6.07, 6.45) is 0. The third-order valence-electron chi connectivity index (χ3n) is 3.34. The van der Waals surface area contributed by atoms with Gasteiger partial charge in [-0.3, -0.25) is 5.10 Å². The Morgan fingerprint density at radius 3 is 2.82 bits per heavy atom. The second kappa shape index (κ2) is 6.12. The first kappa shape index (κ1) is 14.5. The van der Waals surface area contributed by atoms with Gasteiger partial charge in [0.25, 0.3) is 0 Å². The van der Waals surface area contributed by atoms with Crippen molar-refractivity contribution in [2.24, 2.45) is 0 Å². The Morgan fingerprint density at radius 2 is 2.05 bits per heavy atom. The van der Waals surface area contributed by atoms with Gasteiger partial charge in [-0.05, 0) is 48.9 Å². The molecule has 0 amide bonds. The zero-order valence-corrected chi connectivity index (χ0v) is 12.9. The van der Waals surface area contributed by atoms with Crippen LogP contribution in [-0.4, -0.2) is 10.2 Å². The summed E-state index contributed by atoms with van der Waals surface area (Å²) < 4.78 is 5.75. The predicted molar refractivity (Wildman–Crippen MR) is 89.0 cm³/mol. The number of ether oxygens (including phenoxy) is 1. The average molecular weight is 314 g/mol. The summed E-state index contributed by atoms with van der Waals surface area (Å²) in [7, 11) is 0. The number of anilines is 1. The summed E-state index contributed by atoms with van der Waals surface area (Å²) in [5.74, 6) is 0.780. The molecule has 3 N–H and O–H groups in total. The van der Waals surface area contributed by atoms with Gasteiger partial charge in [0.15, 0.2) is 0 Å². The molecule has 2 aromatic carbocycles.